The highest BCUT2D eigenvalue weighted by molar-refractivity contribution is 6.88. The third-order valence-electron chi connectivity index (χ3n) is 2.42. The van der Waals surface area contributed by atoms with Crippen molar-refractivity contribution in [3.05, 3.63) is 18.0 Å². The van der Waals surface area contributed by atoms with E-state index in [1.54, 1.807) is 12.4 Å². The van der Waals surface area contributed by atoms with E-state index in [0.717, 1.165) is 11.2 Å². The van der Waals surface area contributed by atoms with E-state index < -0.39 is 8.07 Å². The minimum atomic E-state index is -1.30. The first-order chi connectivity index (χ1) is 6.50. The summed E-state index contributed by atoms with van der Waals surface area (Å²) in [7, 11) is -1.30. The number of nitrogens with one attached hydrogen (secondary N) is 1. The molecule has 0 saturated heterocycles. The fourth-order valence-electron chi connectivity index (χ4n) is 1.78. The fourth-order valence-corrected chi connectivity index (χ4v) is 3.52. The van der Waals surface area contributed by atoms with Gasteiger partial charge in [-0.2, -0.15) is 0 Å². The molecule has 0 aliphatic carbocycles. The predicted octanol–water partition coefficient (Wildman–Crippen LogP) is 1.81. The van der Waals surface area contributed by atoms with Gasteiger partial charge in [0.25, 0.3) is 0 Å². The van der Waals surface area contributed by atoms with Crippen LogP contribution in [0.1, 0.15) is 5.56 Å². The molecule has 2 rings (SSSR count). The van der Waals surface area contributed by atoms with E-state index in [1.165, 1.54) is 10.9 Å². The smallest absolute Gasteiger partial charge is 0.156 e. The maximum atomic E-state index is 4.34. The molecule has 0 spiro atoms. The number of nitrogens with zero attached hydrogens (tertiary/aromatic N) is 2. The summed E-state index contributed by atoms with van der Waals surface area (Å²) in [5, 5.41) is 1.36. The van der Waals surface area contributed by atoms with E-state index in [1.807, 2.05) is 0 Å². The zero-order chi connectivity index (χ0) is 10.3. The molecule has 2 aromatic heterocycles. The summed E-state index contributed by atoms with van der Waals surface area (Å²) >= 11 is 0. The lowest BCUT2D eigenvalue weighted by molar-refractivity contribution is 1.27. The summed E-state index contributed by atoms with van der Waals surface area (Å²) in [5.41, 5.74) is 3.21. The van der Waals surface area contributed by atoms with Crippen molar-refractivity contribution in [3.8, 4) is 0 Å². The van der Waals surface area contributed by atoms with Crippen molar-refractivity contribution in [1.29, 1.82) is 0 Å². The molecule has 74 valence electrons. The van der Waals surface area contributed by atoms with Crippen LogP contribution in [0.15, 0.2) is 12.4 Å². The van der Waals surface area contributed by atoms with Gasteiger partial charge in [-0.05, 0) is 12.5 Å². The topological polar surface area (TPSA) is 41.6 Å². The summed E-state index contributed by atoms with van der Waals surface area (Å²) in [6.07, 6.45) is 3.48. The summed E-state index contributed by atoms with van der Waals surface area (Å²) in [6.45, 7) is 9.10. The zero-order valence-corrected chi connectivity index (χ0v) is 10.0. The summed E-state index contributed by atoms with van der Waals surface area (Å²) < 4.78 is 0. The lowest BCUT2D eigenvalue weighted by Gasteiger charge is -2.14. The summed E-state index contributed by atoms with van der Waals surface area (Å²) in [6, 6.07) is 0. The zero-order valence-electron chi connectivity index (χ0n) is 9.05. The van der Waals surface area contributed by atoms with Gasteiger partial charge in [-0.3, -0.25) is 4.98 Å². The number of hydrogen-bond donors (Lipinski definition) is 1. The van der Waals surface area contributed by atoms with Crippen LogP contribution in [0, 0.1) is 6.92 Å². The van der Waals surface area contributed by atoms with Crippen molar-refractivity contribution >= 4 is 24.6 Å². The molecule has 0 atom stereocenters. The molecule has 0 amide bonds. The number of aryl methyl sites for hydroxylation is 1. The van der Waals surface area contributed by atoms with Crippen molar-refractivity contribution in [3.63, 3.8) is 0 Å². The molecule has 2 aromatic rings. The first-order valence-corrected chi connectivity index (χ1v) is 8.30. The van der Waals surface area contributed by atoms with E-state index in [2.05, 4.69) is 41.5 Å². The Labute approximate surface area is 84.6 Å². The van der Waals surface area contributed by atoms with Gasteiger partial charge in [0.2, 0.25) is 0 Å². The van der Waals surface area contributed by atoms with Crippen molar-refractivity contribution in [1.82, 2.24) is 15.0 Å². The van der Waals surface area contributed by atoms with E-state index in [-0.39, 0.29) is 0 Å². The second-order valence-electron chi connectivity index (χ2n) is 4.63. The molecule has 0 saturated carbocycles. The Morgan fingerprint density at radius 2 is 1.79 bits per heavy atom. The molecule has 2 heterocycles. The lowest BCUT2D eigenvalue weighted by Crippen LogP contribution is -2.40. The number of H-pyrrole nitrogens is 1. The Bertz CT molecular complexity index is 468. The normalized spacial score (nSPS) is 12.3. The van der Waals surface area contributed by atoms with Gasteiger partial charge < -0.3 is 4.98 Å². The third-order valence-corrected chi connectivity index (χ3v) is 4.42. The molecule has 1 N–H and O–H groups in total. The molecule has 0 fully saturated rings. The average molecular weight is 205 g/mol. The Kier molecular flexibility index (Phi) is 1.96. The van der Waals surface area contributed by atoms with Crippen molar-refractivity contribution in [2.24, 2.45) is 0 Å². The highest BCUT2D eigenvalue weighted by Gasteiger charge is 2.22. The molecule has 0 bridgehead atoms. The minimum absolute atomic E-state index is 0.919. The second kappa shape index (κ2) is 2.92. The maximum Gasteiger partial charge on any atom is 0.156 e. The number of rotatable bonds is 1. The van der Waals surface area contributed by atoms with Crippen LogP contribution in [0.3, 0.4) is 0 Å². The quantitative estimate of drug-likeness (QED) is 0.721. The SMILES string of the molecule is Cc1c([Si](C)(C)C)[nH]c2nccnc12. The summed E-state index contributed by atoms with van der Waals surface area (Å²) in [4.78, 5) is 12.0. The molecule has 3 nitrogen and oxygen atoms in total. The van der Waals surface area contributed by atoms with Crippen LogP contribution in [0.2, 0.25) is 19.6 Å². The van der Waals surface area contributed by atoms with Crippen LogP contribution in [0.4, 0.5) is 0 Å². The van der Waals surface area contributed by atoms with Crippen LogP contribution < -0.4 is 5.32 Å². The van der Waals surface area contributed by atoms with Crippen LogP contribution in [-0.4, -0.2) is 23.0 Å². The Balaban J connectivity index is 2.75. The van der Waals surface area contributed by atoms with Crippen LogP contribution in [0.5, 0.6) is 0 Å². The van der Waals surface area contributed by atoms with E-state index in [4.69, 9.17) is 0 Å². The van der Waals surface area contributed by atoms with Crippen molar-refractivity contribution in [2.75, 3.05) is 0 Å². The molecule has 0 aromatic carbocycles. The molecule has 0 aliphatic heterocycles. The lowest BCUT2D eigenvalue weighted by atomic mass is 10.3. The molecule has 14 heavy (non-hydrogen) atoms. The molecular weight excluding hydrogens is 190 g/mol. The van der Waals surface area contributed by atoms with Crippen molar-refractivity contribution in [2.45, 2.75) is 26.6 Å². The standard InChI is InChI=1S/C10H15N3Si/c1-7-8-9(12-6-5-11-8)13-10(7)14(2,3)4/h5-6H,1-4H3,(H,12,13). The van der Waals surface area contributed by atoms with Crippen molar-refractivity contribution < 1.29 is 0 Å². The van der Waals surface area contributed by atoms with Crippen LogP contribution in [0.25, 0.3) is 11.2 Å². The number of fused-ring (bicyclic) bond motifs is 1. The van der Waals surface area contributed by atoms with Gasteiger partial charge in [-0.15, -0.1) is 0 Å². The van der Waals surface area contributed by atoms with E-state index >= 15 is 0 Å². The van der Waals surface area contributed by atoms with Gasteiger partial charge in [0.1, 0.15) is 5.52 Å². The second-order valence-corrected chi connectivity index (χ2v) is 9.63. The number of aromatic nitrogens is 3. The molecule has 0 aliphatic rings. The predicted molar refractivity (Wildman–Crippen MR) is 61.6 cm³/mol. The van der Waals surface area contributed by atoms with Gasteiger partial charge in [0, 0.05) is 17.7 Å². The average Bonchev–Trinajstić information content (AvgIpc) is 2.44. The van der Waals surface area contributed by atoms with E-state index in [9.17, 15) is 0 Å². The van der Waals surface area contributed by atoms with Crippen LogP contribution in [-0.2, 0) is 0 Å². The van der Waals surface area contributed by atoms with Gasteiger partial charge in [-0.25, -0.2) is 4.98 Å². The van der Waals surface area contributed by atoms with Gasteiger partial charge >= 0.3 is 0 Å². The highest BCUT2D eigenvalue weighted by Crippen LogP contribution is 2.14. The summed E-state index contributed by atoms with van der Waals surface area (Å²) in [5.74, 6) is 0. The first kappa shape index (κ1) is 9.39. The monoisotopic (exact) mass is 205 g/mol. The minimum Gasteiger partial charge on any atom is -0.346 e. The maximum absolute atomic E-state index is 4.34. The van der Waals surface area contributed by atoms with E-state index in [0.29, 0.717) is 0 Å². The Morgan fingerprint density at radius 3 is 2.36 bits per heavy atom. The molecule has 0 unspecified atom stereocenters. The first-order valence-electron chi connectivity index (χ1n) is 4.80. The molecule has 0 radical (unpaired) electrons. The molecule has 4 heteroatoms. The number of hydrogen-bond acceptors (Lipinski definition) is 2. The third kappa shape index (κ3) is 1.35. The Morgan fingerprint density at radius 1 is 1.14 bits per heavy atom. The van der Waals surface area contributed by atoms with Gasteiger partial charge in [-0.1, -0.05) is 19.6 Å². The van der Waals surface area contributed by atoms with Crippen LogP contribution >= 0.6 is 0 Å². The largest absolute Gasteiger partial charge is 0.346 e. The highest BCUT2D eigenvalue weighted by atomic mass is 28.3. The fraction of sp³-hybridized carbons (Fsp3) is 0.400. The van der Waals surface area contributed by atoms with Gasteiger partial charge in [0.05, 0.1) is 8.07 Å². The molecular formula is C10H15N3Si. The Hall–Kier alpha value is -1.16. The van der Waals surface area contributed by atoms with Gasteiger partial charge in [0.15, 0.2) is 5.65 Å². The number of aromatic amines is 1.